The molecule has 3 N–H and O–H groups in total. The lowest BCUT2D eigenvalue weighted by Crippen LogP contribution is -2.41. The van der Waals surface area contributed by atoms with E-state index in [0.29, 0.717) is 28.1 Å². The Kier molecular flexibility index (Phi) is 9.83. The van der Waals surface area contributed by atoms with E-state index in [0.717, 1.165) is 29.7 Å². The normalized spacial score (nSPS) is 14.9. The number of amides is 3. The Morgan fingerprint density at radius 1 is 1.19 bits per heavy atom. The molecule has 2 aromatic carbocycles. The van der Waals surface area contributed by atoms with Gasteiger partial charge in [-0.1, -0.05) is 18.2 Å². The van der Waals surface area contributed by atoms with Crippen molar-refractivity contribution in [1.29, 1.82) is 0 Å². The van der Waals surface area contributed by atoms with Crippen molar-refractivity contribution in [3.05, 3.63) is 51.5 Å². The molecule has 0 radical (unpaired) electrons. The molecule has 0 bridgehead atoms. The SMILES string of the molecule is COc1cc(/C=N\NC(=O)C(=O)NC[C@@H]2CCCO2)cc(Br)c1OCC(=O)Nc1c(C)cccc1C. The van der Waals surface area contributed by atoms with Gasteiger partial charge < -0.3 is 24.8 Å². The van der Waals surface area contributed by atoms with Crippen LogP contribution in [-0.2, 0) is 19.1 Å². The second-order valence-electron chi connectivity index (χ2n) is 8.18. The number of halogens is 1. The van der Waals surface area contributed by atoms with Crippen molar-refractivity contribution in [3.8, 4) is 11.5 Å². The van der Waals surface area contributed by atoms with E-state index < -0.39 is 11.8 Å². The minimum absolute atomic E-state index is 0.0616. The van der Waals surface area contributed by atoms with Crippen molar-refractivity contribution in [2.75, 3.05) is 32.2 Å². The number of carbonyl (C=O) groups excluding carboxylic acids is 3. The predicted octanol–water partition coefficient (Wildman–Crippen LogP) is 2.84. The molecule has 1 heterocycles. The van der Waals surface area contributed by atoms with E-state index >= 15 is 0 Å². The molecule has 1 aliphatic heterocycles. The first-order valence-electron chi connectivity index (χ1n) is 11.4. The average Bonchev–Trinajstić information content (AvgIpc) is 3.37. The number of aryl methyl sites for hydroxylation is 2. The Bertz CT molecular complexity index is 1130. The third-order valence-electron chi connectivity index (χ3n) is 5.45. The summed E-state index contributed by atoms with van der Waals surface area (Å²) in [4.78, 5) is 36.3. The molecule has 1 saturated heterocycles. The maximum absolute atomic E-state index is 12.5. The van der Waals surface area contributed by atoms with Crippen molar-refractivity contribution in [1.82, 2.24) is 10.7 Å². The minimum Gasteiger partial charge on any atom is -0.493 e. The zero-order valence-corrected chi connectivity index (χ0v) is 21.9. The minimum atomic E-state index is -0.884. The van der Waals surface area contributed by atoms with Gasteiger partial charge >= 0.3 is 11.8 Å². The summed E-state index contributed by atoms with van der Waals surface area (Å²) in [6.07, 6.45) is 3.09. The fourth-order valence-corrected chi connectivity index (χ4v) is 4.16. The van der Waals surface area contributed by atoms with Crippen LogP contribution in [0, 0.1) is 13.8 Å². The van der Waals surface area contributed by atoms with Crippen LogP contribution in [0.15, 0.2) is 39.9 Å². The highest BCUT2D eigenvalue weighted by Gasteiger charge is 2.19. The van der Waals surface area contributed by atoms with Crippen LogP contribution in [0.5, 0.6) is 11.5 Å². The van der Waals surface area contributed by atoms with Gasteiger partial charge in [0, 0.05) is 18.8 Å². The predicted molar refractivity (Wildman–Crippen MR) is 138 cm³/mol. The van der Waals surface area contributed by atoms with Crippen LogP contribution >= 0.6 is 15.9 Å². The van der Waals surface area contributed by atoms with Gasteiger partial charge in [0.15, 0.2) is 18.1 Å². The quantitative estimate of drug-likeness (QED) is 0.246. The largest absolute Gasteiger partial charge is 0.493 e. The lowest BCUT2D eigenvalue weighted by atomic mass is 10.1. The summed E-state index contributed by atoms with van der Waals surface area (Å²) in [5.41, 5.74) is 5.42. The number of anilines is 1. The van der Waals surface area contributed by atoms with Crippen molar-refractivity contribution >= 4 is 45.6 Å². The summed E-state index contributed by atoms with van der Waals surface area (Å²) >= 11 is 3.41. The van der Waals surface area contributed by atoms with Gasteiger partial charge in [0.25, 0.3) is 5.91 Å². The third-order valence-corrected chi connectivity index (χ3v) is 6.03. The van der Waals surface area contributed by atoms with E-state index in [4.69, 9.17) is 14.2 Å². The number of rotatable bonds is 9. The molecule has 192 valence electrons. The Hall–Kier alpha value is -3.44. The fourth-order valence-electron chi connectivity index (χ4n) is 3.59. The summed E-state index contributed by atoms with van der Waals surface area (Å²) < 4.78 is 17.0. The van der Waals surface area contributed by atoms with E-state index in [1.807, 2.05) is 32.0 Å². The topological polar surface area (TPSA) is 127 Å². The molecule has 2 aromatic rings. The molecule has 0 unspecified atom stereocenters. The number of nitrogens with one attached hydrogen (secondary N) is 3. The standard InChI is InChI=1S/C25H29BrN4O6/c1-15-6-4-7-16(2)22(15)29-21(31)14-36-23-19(26)10-17(11-20(23)34-3)12-28-30-25(33)24(32)27-13-18-8-5-9-35-18/h4,6-7,10-12,18H,5,8-9,13-14H2,1-3H3,(H,27,32)(H,29,31)(H,30,33)/b28-12-/t18-/m0/s1. The Morgan fingerprint density at radius 2 is 1.94 bits per heavy atom. The van der Waals surface area contributed by atoms with E-state index in [-0.39, 0.29) is 25.2 Å². The molecule has 0 aliphatic carbocycles. The summed E-state index contributed by atoms with van der Waals surface area (Å²) in [5, 5.41) is 9.22. The molecular weight excluding hydrogens is 532 g/mol. The van der Waals surface area contributed by atoms with Gasteiger partial charge in [0.1, 0.15) is 0 Å². The highest BCUT2D eigenvalue weighted by molar-refractivity contribution is 9.10. The number of nitrogens with zero attached hydrogens (tertiary/aromatic N) is 1. The van der Waals surface area contributed by atoms with Crippen LogP contribution in [0.25, 0.3) is 0 Å². The molecule has 10 nitrogen and oxygen atoms in total. The van der Waals surface area contributed by atoms with Crippen LogP contribution in [0.3, 0.4) is 0 Å². The fraction of sp³-hybridized carbons (Fsp3) is 0.360. The van der Waals surface area contributed by atoms with E-state index in [2.05, 4.69) is 37.1 Å². The highest BCUT2D eigenvalue weighted by atomic mass is 79.9. The van der Waals surface area contributed by atoms with Gasteiger partial charge in [0.05, 0.1) is 23.9 Å². The van der Waals surface area contributed by atoms with Crippen molar-refractivity contribution < 1.29 is 28.6 Å². The monoisotopic (exact) mass is 560 g/mol. The summed E-state index contributed by atoms with van der Waals surface area (Å²) in [6.45, 7) is 4.56. The second-order valence-corrected chi connectivity index (χ2v) is 9.04. The van der Waals surface area contributed by atoms with E-state index in [9.17, 15) is 14.4 Å². The molecule has 3 amide bonds. The molecule has 1 aliphatic rings. The van der Waals surface area contributed by atoms with Gasteiger partial charge in [-0.05, 0) is 71.4 Å². The van der Waals surface area contributed by atoms with Crippen molar-refractivity contribution in [3.63, 3.8) is 0 Å². The summed E-state index contributed by atoms with van der Waals surface area (Å²) in [5.74, 6) is -1.29. The second kappa shape index (κ2) is 13.0. The Morgan fingerprint density at radius 3 is 2.61 bits per heavy atom. The Labute approximate surface area is 217 Å². The first kappa shape index (κ1) is 27.2. The first-order chi connectivity index (χ1) is 17.3. The number of ether oxygens (including phenoxy) is 3. The lowest BCUT2D eigenvalue weighted by Gasteiger charge is -2.15. The summed E-state index contributed by atoms with van der Waals surface area (Å²) in [7, 11) is 1.46. The molecule has 3 rings (SSSR count). The number of carbonyl (C=O) groups is 3. The number of hydrogen-bond acceptors (Lipinski definition) is 7. The maximum Gasteiger partial charge on any atom is 0.329 e. The van der Waals surface area contributed by atoms with Crippen molar-refractivity contribution in [2.45, 2.75) is 32.8 Å². The van der Waals surface area contributed by atoms with Crippen LogP contribution in [0.4, 0.5) is 5.69 Å². The number of hydrogen-bond donors (Lipinski definition) is 3. The van der Waals surface area contributed by atoms with Gasteiger partial charge in [-0.15, -0.1) is 0 Å². The van der Waals surface area contributed by atoms with Crippen molar-refractivity contribution in [2.24, 2.45) is 5.10 Å². The molecule has 0 spiro atoms. The maximum atomic E-state index is 12.5. The molecule has 0 aromatic heterocycles. The van der Waals surface area contributed by atoms with Gasteiger partial charge in [-0.25, -0.2) is 5.43 Å². The Balaban J connectivity index is 1.55. The van der Waals surface area contributed by atoms with Gasteiger partial charge in [-0.2, -0.15) is 5.10 Å². The molecule has 1 atom stereocenters. The molecular formula is C25H29BrN4O6. The number of hydrazone groups is 1. The smallest absolute Gasteiger partial charge is 0.329 e. The molecule has 0 saturated carbocycles. The van der Waals surface area contributed by atoms with Crippen LogP contribution in [0.1, 0.15) is 29.5 Å². The van der Waals surface area contributed by atoms with Crippen LogP contribution < -0.4 is 25.5 Å². The lowest BCUT2D eigenvalue weighted by molar-refractivity contribution is -0.139. The van der Waals surface area contributed by atoms with Crippen LogP contribution in [0.2, 0.25) is 0 Å². The number of para-hydroxylation sites is 1. The van der Waals surface area contributed by atoms with E-state index in [1.165, 1.54) is 13.3 Å². The zero-order chi connectivity index (χ0) is 26.1. The highest BCUT2D eigenvalue weighted by Crippen LogP contribution is 2.36. The molecule has 11 heteroatoms. The first-order valence-corrected chi connectivity index (χ1v) is 12.2. The number of benzene rings is 2. The average molecular weight is 561 g/mol. The molecule has 1 fully saturated rings. The van der Waals surface area contributed by atoms with E-state index in [1.54, 1.807) is 12.1 Å². The number of methoxy groups -OCH3 is 1. The summed E-state index contributed by atoms with van der Waals surface area (Å²) in [6, 6.07) is 9.06. The zero-order valence-electron chi connectivity index (χ0n) is 20.4. The van der Waals surface area contributed by atoms with Gasteiger partial charge in [-0.3, -0.25) is 14.4 Å². The van der Waals surface area contributed by atoms with Crippen LogP contribution in [-0.4, -0.2) is 56.9 Å². The third kappa shape index (κ3) is 7.53. The van der Waals surface area contributed by atoms with Gasteiger partial charge in [0.2, 0.25) is 0 Å². The molecule has 36 heavy (non-hydrogen) atoms.